The molecule has 3 N–H and O–H groups in total. The lowest BCUT2D eigenvalue weighted by Gasteiger charge is -2.49. The molecular formula is C19H21N5O6S. The summed E-state index contributed by atoms with van der Waals surface area (Å²) in [4.78, 5) is 58.2. The third-order valence-corrected chi connectivity index (χ3v) is 5.75. The molecule has 12 heteroatoms. The number of aliphatic carboxylic acids is 1. The van der Waals surface area contributed by atoms with E-state index in [1.807, 2.05) is 13.8 Å². The van der Waals surface area contributed by atoms with Crippen LogP contribution >= 0.6 is 11.8 Å². The summed E-state index contributed by atoms with van der Waals surface area (Å²) in [6.07, 6.45) is 2.61. The maximum atomic E-state index is 13.0. The smallest absolute Gasteiger partial charge is 0.352 e. The number of carbonyl (C=O) groups excluding carboxylic acids is 3. The molecule has 2 aliphatic rings. The van der Waals surface area contributed by atoms with Gasteiger partial charge >= 0.3 is 5.97 Å². The zero-order valence-electron chi connectivity index (χ0n) is 16.8. The number of hydrogen-bond acceptors (Lipinski definition) is 8. The van der Waals surface area contributed by atoms with Crippen molar-refractivity contribution in [2.75, 3.05) is 11.9 Å². The van der Waals surface area contributed by atoms with Gasteiger partial charge in [-0.05, 0) is 31.6 Å². The van der Waals surface area contributed by atoms with Crippen molar-refractivity contribution in [2.45, 2.75) is 36.9 Å². The Balaban J connectivity index is 1.82. The molecule has 0 saturated carbocycles. The van der Waals surface area contributed by atoms with Gasteiger partial charge in [0.2, 0.25) is 6.41 Å². The molecule has 0 aromatic carbocycles. The van der Waals surface area contributed by atoms with Crippen LogP contribution in [0.25, 0.3) is 0 Å². The largest absolute Gasteiger partial charge is 0.477 e. The van der Waals surface area contributed by atoms with E-state index in [1.54, 1.807) is 6.07 Å². The van der Waals surface area contributed by atoms with Crippen LogP contribution in [-0.2, 0) is 24.0 Å². The maximum Gasteiger partial charge on any atom is 0.352 e. The minimum absolute atomic E-state index is 0.0961. The van der Waals surface area contributed by atoms with E-state index in [9.17, 15) is 24.3 Å². The molecule has 3 amide bonds. The highest BCUT2D eigenvalue weighted by atomic mass is 32.2. The predicted octanol–water partition coefficient (Wildman–Crippen LogP) is 0.538. The molecule has 2 unspecified atom stereocenters. The Morgan fingerprint density at radius 1 is 1.42 bits per heavy atom. The first-order valence-electron chi connectivity index (χ1n) is 9.49. The molecular weight excluding hydrogens is 426 g/mol. The minimum atomic E-state index is -1.20. The molecule has 1 fully saturated rings. The van der Waals surface area contributed by atoms with Gasteiger partial charge in [0.15, 0.2) is 5.71 Å². The third kappa shape index (κ3) is 4.68. The van der Waals surface area contributed by atoms with Crippen molar-refractivity contribution < 1.29 is 29.1 Å². The molecule has 0 aliphatic carbocycles. The molecule has 164 valence electrons. The van der Waals surface area contributed by atoms with Crippen molar-refractivity contribution in [3.8, 4) is 0 Å². The molecule has 11 nitrogen and oxygen atoms in total. The first-order valence-corrected chi connectivity index (χ1v) is 10.4. The molecule has 31 heavy (non-hydrogen) atoms. The molecule has 0 radical (unpaired) electrons. The van der Waals surface area contributed by atoms with Gasteiger partial charge in [-0.15, -0.1) is 11.8 Å². The number of pyridine rings is 1. The maximum absolute atomic E-state index is 13.0. The summed E-state index contributed by atoms with van der Waals surface area (Å²) >= 11 is 1.36. The number of aromatic nitrogens is 1. The first kappa shape index (κ1) is 22.3. The summed E-state index contributed by atoms with van der Waals surface area (Å²) in [5, 5.41) is 17.5. The SMILES string of the molecule is CCCON=C(C(=O)NC1C(=O)N2C(C(=O)O)=CC(C)S[C@@H]12)c1cccc(NC=O)n1. The normalized spacial score (nSPS) is 22.6. The second-order valence-electron chi connectivity index (χ2n) is 6.69. The number of carboxylic acid groups (broad SMARTS) is 1. The number of β-lactam (4-membered cyclic amide) rings is 1. The second-order valence-corrected chi connectivity index (χ2v) is 8.19. The average molecular weight is 447 g/mol. The van der Waals surface area contributed by atoms with Gasteiger partial charge < -0.3 is 20.6 Å². The van der Waals surface area contributed by atoms with Gasteiger partial charge in [-0.1, -0.05) is 18.1 Å². The standard InChI is InChI=1S/C19H21N5O6S/c1-3-7-30-23-14(11-5-4-6-13(21-11)20-9-25)16(26)22-15-17(27)24-12(19(28)29)8-10(2)31-18(15)24/h4-6,8-10,15,18H,3,7H2,1-2H3,(H,22,26)(H,28,29)(H,20,21,25)/t10?,15?,18-/m0/s1. The van der Waals surface area contributed by atoms with E-state index in [0.717, 1.165) is 4.90 Å². The van der Waals surface area contributed by atoms with Crippen LogP contribution < -0.4 is 10.6 Å². The monoisotopic (exact) mass is 447 g/mol. The van der Waals surface area contributed by atoms with E-state index >= 15 is 0 Å². The van der Waals surface area contributed by atoms with Crippen molar-refractivity contribution in [3.05, 3.63) is 35.7 Å². The lowest BCUT2D eigenvalue weighted by molar-refractivity contribution is -0.150. The van der Waals surface area contributed by atoms with E-state index in [0.29, 0.717) is 12.8 Å². The van der Waals surface area contributed by atoms with Crippen LogP contribution in [-0.4, -0.2) is 68.2 Å². The zero-order valence-corrected chi connectivity index (χ0v) is 17.6. The van der Waals surface area contributed by atoms with Gasteiger partial charge in [0.1, 0.15) is 35.2 Å². The van der Waals surface area contributed by atoms with E-state index in [4.69, 9.17) is 4.84 Å². The van der Waals surface area contributed by atoms with Crippen LogP contribution in [0.4, 0.5) is 5.82 Å². The first-order chi connectivity index (χ1) is 14.9. The van der Waals surface area contributed by atoms with Gasteiger partial charge in [-0.2, -0.15) is 0 Å². The number of oxime groups is 1. The predicted molar refractivity (Wildman–Crippen MR) is 112 cm³/mol. The summed E-state index contributed by atoms with van der Waals surface area (Å²) < 4.78 is 0. The molecule has 1 saturated heterocycles. The molecule has 3 rings (SSSR count). The topological polar surface area (TPSA) is 150 Å². The lowest BCUT2D eigenvalue weighted by Crippen LogP contribution is -2.71. The van der Waals surface area contributed by atoms with Crippen molar-refractivity contribution >= 4 is 47.5 Å². The van der Waals surface area contributed by atoms with Crippen LogP contribution in [0.5, 0.6) is 0 Å². The number of thioether (sulfide) groups is 1. The van der Waals surface area contributed by atoms with Gasteiger partial charge in [0.05, 0.1) is 0 Å². The number of nitrogens with one attached hydrogen (secondary N) is 2. The van der Waals surface area contributed by atoms with E-state index in [2.05, 4.69) is 20.8 Å². The number of hydrogen-bond donors (Lipinski definition) is 3. The molecule has 0 spiro atoms. The van der Waals surface area contributed by atoms with Crippen LogP contribution in [0.15, 0.2) is 35.1 Å². The van der Waals surface area contributed by atoms with Crippen LogP contribution in [0.2, 0.25) is 0 Å². The molecule has 2 aliphatic heterocycles. The fraction of sp³-hybridized carbons (Fsp3) is 0.368. The zero-order chi connectivity index (χ0) is 22.5. The number of fused-ring (bicyclic) bond motifs is 1. The molecule has 0 bridgehead atoms. The van der Waals surface area contributed by atoms with E-state index in [-0.39, 0.29) is 34.8 Å². The highest BCUT2D eigenvalue weighted by Crippen LogP contribution is 2.40. The fourth-order valence-electron chi connectivity index (χ4n) is 3.05. The minimum Gasteiger partial charge on any atom is -0.477 e. The van der Waals surface area contributed by atoms with Crippen molar-refractivity contribution in [2.24, 2.45) is 5.16 Å². The lowest BCUT2D eigenvalue weighted by atomic mass is 10.0. The van der Waals surface area contributed by atoms with Crippen LogP contribution in [0.3, 0.4) is 0 Å². The molecule has 3 heterocycles. The van der Waals surface area contributed by atoms with E-state index in [1.165, 1.54) is 30.0 Å². The summed E-state index contributed by atoms with van der Waals surface area (Å²) in [7, 11) is 0. The van der Waals surface area contributed by atoms with Crippen molar-refractivity contribution in [3.63, 3.8) is 0 Å². The summed E-state index contributed by atoms with van der Waals surface area (Å²) in [6, 6.07) is 3.71. The third-order valence-electron chi connectivity index (χ3n) is 4.42. The van der Waals surface area contributed by atoms with Crippen LogP contribution in [0.1, 0.15) is 26.0 Å². The van der Waals surface area contributed by atoms with Gasteiger partial charge in [0.25, 0.3) is 11.8 Å². The Morgan fingerprint density at radius 3 is 2.87 bits per heavy atom. The Hall–Kier alpha value is -3.41. The highest BCUT2D eigenvalue weighted by molar-refractivity contribution is 8.00. The average Bonchev–Trinajstić information content (AvgIpc) is 2.74. The Labute approximate surface area is 181 Å². The summed E-state index contributed by atoms with van der Waals surface area (Å²) in [5.41, 5.74) is -0.127. The Bertz CT molecular complexity index is 965. The molecule has 1 aromatic rings. The van der Waals surface area contributed by atoms with Crippen molar-refractivity contribution in [1.29, 1.82) is 0 Å². The number of nitrogens with zero attached hydrogens (tertiary/aromatic N) is 3. The Morgan fingerprint density at radius 2 is 2.19 bits per heavy atom. The fourth-order valence-corrected chi connectivity index (χ4v) is 4.38. The van der Waals surface area contributed by atoms with Crippen LogP contribution in [0, 0.1) is 0 Å². The number of anilines is 1. The van der Waals surface area contributed by atoms with Gasteiger partial charge in [0, 0.05) is 5.25 Å². The highest BCUT2D eigenvalue weighted by Gasteiger charge is 2.54. The summed E-state index contributed by atoms with van der Waals surface area (Å²) in [6.45, 7) is 3.95. The van der Waals surface area contributed by atoms with Crippen molar-refractivity contribution in [1.82, 2.24) is 15.2 Å². The number of rotatable bonds is 9. The second kappa shape index (κ2) is 9.60. The summed E-state index contributed by atoms with van der Waals surface area (Å²) in [5.74, 6) is -2.22. The molecule has 1 aromatic heterocycles. The number of amides is 3. The van der Waals surface area contributed by atoms with E-state index < -0.39 is 29.2 Å². The number of carbonyl (C=O) groups is 4. The quantitative estimate of drug-likeness (QED) is 0.163. The molecule has 3 atom stereocenters. The van der Waals surface area contributed by atoms with Gasteiger partial charge in [-0.25, -0.2) is 9.78 Å². The van der Waals surface area contributed by atoms with Gasteiger partial charge in [-0.3, -0.25) is 19.3 Å². The number of carboxylic acids is 1. The Kier molecular flexibility index (Phi) is 6.90.